The maximum absolute atomic E-state index is 13.1. The zero-order valence-electron chi connectivity index (χ0n) is 18.0. The van der Waals surface area contributed by atoms with Crippen LogP contribution in [-0.2, 0) is 36.3 Å². The van der Waals surface area contributed by atoms with Crippen LogP contribution in [0.5, 0.6) is 0 Å². The maximum Gasteiger partial charge on any atom is 0.328 e. The second kappa shape index (κ2) is 11.5. The van der Waals surface area contributed by atoms with Gasteiger partial charge in [-0.3, -0.25) is 13.8 Å². The largest absolute Gasteiger partial charge is 0.461 e. The quantitative estimate of drug-likeness (QED) is 0.340. The Bertz CT molecular complexity index is 969. The lowest BCUT2D eigenvalue weighted by Gasteiger charge is -2.22. The summed E-state index contributed by atoms with van der Waals surface area (Å²) in [4.78, 5) is 40.2. The van der Waals surface area contributed by atoms with Crippen molar-refractivity contribution in [2.24, 2.45) is 0 Å². The molecule has 0 fully saturated rings. The molecule has 0 saturated heterocycles. The van der Waals surface area contributed by atoms with Gasteiger partial charge in [-0.15, -0.1) is 0 Å². The van der Waals surface area contributed by atoms with E-state index in [4.69, 9.17) is 10.1 Å². The summed E-state index contributed by atoms with van der Waals surface area (Å²) in [5.74, 6) is -1.36. The van der Waals surface area contributed by atoms with Gasteiger partial charge in [0.15, 0.2) is 5.78 Å². The van der Waals surface area contributed by atoms with Crippen molar-refractivity contribution in [1.82, 2.24) is 10.3 Å². The summed E-state index contributed by atoms with van der Waals surface area (Å²) in [6.07, 6.45) is 2.25. The first-order valence-electron chi connectivity index (χ1n) is 10.2. The highest BCUT2D eigenvalue weighted by Crippen LogP contribution is 2.21. The molecule has 3 N–H and O–H groups in total. The fourth-order valence-corrected chi connectivity index (χ4v) is 4.27. The Balaban J connectivity index is 2.22. The van der Waals surface area contributed by atoms with Gasteiger partial charge in [-0.25, -0.2) is 4.79 Å². The summed E-state index contributed by atoms with van der Waals surface area (Å²) in [7, 11) is -1.46. The van der Waals surface area contributed by atoms with Gasteiger partial charge in [0.2, 0.25) is 5.91 Å². The van der Waals surface area contributed by atoms with Crippen LogP contribution in [0.25, 0.3) is 10.9 Å². The van der Waals surface area contributed by atoms with Gasteiger partial charge in [-0.05, 0) is 38.3 Å². The van der Waals surface area contributed by atoms with Crippen LogP contribution in [0.1, 0.15) is 39.2 Å². The van der Waals surface area contributed by atoms with E-state index in [1.165, 1.54) is 0 Å². The maximum atomic E-state index is 13.1. The zero-order chi connectivity index (χ0) is 23.0. The van der Waals surface area contributed by atoms with E-state index in [-0.39, 0.29) is 25.0 Å². The molecule has 0 spiro atoms. The lowest BCUT2D eigenvalue weighted by molar-refractivity contribution is -0.151. The number of carbonyl (C=O) groups excluding carboxylic acids is 3. The number of nitrogens with one attached hydrogen (secondary N) is 3. The van der Waals surface area contributed by atoms with E-state index >= 15 is 0 Å². The molecule has 2 rings (SSSR count). The number of benzene rings is 1. The number of amides is 1. The fraction of sp³-hybridized carbons (Fsp3) is 0.455. The smallest absolute Gasteiger partial charge is 0.328 e. The van der Waals surface area contributed by atoms with E-state index in [1.807, 2.05) is 24.3 Å². The molecule has 1 aromatic carbocycles. The molecular weight excluding hydrogens is 418 g/mol. The molecule has 8 nitrogen and oxygen atoms in total. The van der Waals surface area contributed by atoms with Crippen LogP contribution in [0.4, 0.5) is 0 Å². The molecule has 0 aliphatic heterocycles. The van der Waals surface area contributed by atoms with E-state index in [2.05, 4.69) is 10.3 Å². The number of hydrogen-bond donors (Lipinski definition) is 3. The van der Waals surface area contributed by atoms with E-state index in [9.17, 15) is 18.6 Å². The number of carbonyl (C=O) groups is 3. The topological polar surface area (TPSA) is 129 Å². The molecule has 1 unspecified atom stereocenters. The standard InChI is InChI=1S/C22H29N3O5S/c1-4-31(29)20(11-15-13-24-18-8-6-5-7-17(15)18)21(27)25-19(10-9-16(26)12-23)22(28)30-14(2)3/h5-8,12-14,19-20,23-24H,4,9-11H2,1-3H3,(H,25,27)/t19-,20-,31?/m0/s1. The number of rotatable bonds is 12. The Hall–Kier alpha value is -2.81. The number of esters is 1. The third kappa shape index (κ3) is 6.85. The molecule has 0 saturated carbocycles. The third-order valence-corrected chi connectivity index (χ3v) is 6.35. The van der Waals surface area contributed by atoms with Crippen molar-refractivity contribution >= 4 is 45.6 Å². The molecule has 0 radical (unpaired) electrons. The summed E-state index contributed by atoms with van der Waals surface area (Å²) in [5.41, 5.74) is 1.78. The van der Waals surface area contributed by atoms with Gasteiger partial charge in [0.1, 0.15) is 11.3 Å². The Morgan fingerprint density at radius 1 is 1.26 bits per heavy atom. The minimum atomic E-state index is -1.46. The Kier molecular flexibility index (Phi) is 9.11. The molecule has 0 aliphatic carbocycles. The summed E-state index contributed by atoms with van der Waals surface area (Å²) in [5, 5.41) is 9.73. The summed E-state index contributed by atoms with van der Waals surface area (Å²) in [6.45, 7) is 5.11. The van der Waals surface area contributed by atoms with E-state index in [0.717, 1.165) is 16.5 Å². The molecule has 31 heavy (non-hydrogen) atoms. The van der Waals surface area contributed by atoms with Crippen LogP contribution < -0.4 is 5.32 Å². The monoisotopic (exact) mass is 447 g/mol. The Labute approximate surface area is 184 Å². The average molecular weight is 448 g/mol. The number of para-hydroxylation sites is 1. The Morgan fingerprint density at radius 3 is 2.61 bits per heavy atom. The fourth-order valence-electron chi connectivity index (χ4n) is 3.19. The lowest BCUT2D eigenvalue weighted by Crippen LogP contribution is -2.48. The second-order valence-electron chi connectivity index (χ2n) is 7.42. The molecular formula is C22H29N3O5S. The average Bonchev–Trinajstić information content (AvgIpc) is 3.16. The number of ketones is 1. The number of fused-ring (bicyclic) bond motifs is 1. The van der Waals surface area contributed by atoms with Crippen molar-refractivity contribution in [3.63, 3.8) is 0 Å². The van der Waals surface area contributed by atoms with Crippen molar-refractivity contribution < 1.29 is 23.3 Å². The summed E-state index contributed by atoms with van der Waals surface area (Å²) < 4.78 is 17.9. The van der Waals surface area contributed by atoms with Gasteiger partial charge in [-0.1, -0.05) is 25.1 Å². The molecule has 0 bridgehead atoms. The van der Waals surface area contributed by atoms with E-state index in [0.29, 0.717) is 6.21 Å². The van der Waals surface area contributed by atoms with Crippen molar-refractivity contribution in [2.75, 3.05) is 5.75 Å². The first-order valence-corrected chi connectivity index (χ1v) is 11.6. The van der Waals surface area contributed by atoms with E-state index < -0.39 is 45.9 Å². The van der Waals surface area contributed by atoms with Crippen LogP contribution >= 0.6 is 0 Å². The molecule has 3 atom stereocenters. The van der Waals surface area contributed by atoms with Crippen LogP contribution in [0.2, 0.25) is 0 Å². The lowest BCUT2D eigenvalue weighted by atomic mass is 10.1. The normalized spacial score (nSPS) is 14.1. The summed E-state index contributed by atoms with van der Waals surface area (Å²) >= 11 is 0. The van der Waals surface area contributed by atoms with Gasteiger partial charge >= 0.3 is 5.97 Å². The number of ether oxygens (including phenoxy) is 1. The first kappa shape index (κ1) is 24.5. The predicted molar refractivity (Wildman–Crippen MR) is 121 cm³/mol. The molecule has 2 aromatic rings. The molecule has 168 valence electrons. The van der Waals surface area contributed by atoms with Crippen LogP contribution in [0, 0.1) is 5.41 Å². The van der Waals surface area contributed by atoms with Crippen molar-refractivity contribution in [1.29, 1.82) is 5.41 Å². The highest BCUT2D eigenvalue weighted by atomic mass is 32.2. The van der Waals surface area contributed by atoms with Crippen molar-refractivity contribution in [3.8, 4) is 0 Å². The van der Waals surface area contributed by atoms with Gasteiger partial charge in [0, 0.05) is 40.1 Å². The predicted octanol–water partition coefficient (Wildman–Crippen LogP) is 2.28. The molecule has 1 aromatic heterocycles. The van der Waals surface area contributed by atoms with Crippen LogP contribution in [-0.4, -0.2) is 56.2 Å². The summed E-state index contributed by atoms with van der Waals surface area (Å²) in [6, 6.07) is 6.58. The van der Waals surface area contributed by atoms with Crippen molar-refractivity contribution in [3.05, 3.63) is 36.0 Å². The number of aromatic nitrogens is 1. The molecule has 1 amide bonds. The molecule has 1 heterocycles. The second-order valence-corrected chi connectivity index (χ2v) is 9.33. The van der Waals surface area contributed by atoms with Gasteiger partial charge in [0.25, 0.3) is 0 Å². The van der Waals surface area contributed by atoms with Crippen LogP contribution in [0.15, 0.2) is 30.5 Å². The minimum Gasteiger partial charge on any atom is -0.461 e. The highest BCUT2D eigenvalue weighted by molar-refractivity contribution is 7.86. The van der Waals surface area contributed by atoms with Gasteiger partial charge < -0.3 is 20.4 Å². The number of H-pyrrole nitrogens is 1. The zero-order valence-corrected chi connectivity index (χ0v) is 18.8. The molecule has 9 heteroatoms. The van der Waals surface area contributed by atoms with E-state index in [1.54, 1.807) is 27.0 Å². The van der Waals surface area contributed by atoms with Crippen molar-refractivity contribution in [2.45, 2.75) is 57.4 Å². The first-order chi connectivity index (χ1) is 14.8. The number of Topliss-reactive ketones (excluding diaryl/α,β-unsaturated/α-hetero) is 1. The SMILES string of the molecule is CCS(=O)[C@@H](Cc1c[nH]c2ccccc12)C(=O)N[C@@H](CCC(=O)C=N)C(=O)OC(C)C. The Morgan fingerprint density at radius 2 is 1.97 bits per heavy atom. The van der Waals surface area contributed by atoms with Gasteiger partial charge in [-0.2, -0.15) is 0 Å². The number of aromatic amines is 1. The number of hydrogen-bond acceptors (Lipinski definition) is 6. The van der Waals surface area contributed by atoms with Crippen LogP contribution in [0.3, 0.4) is 0 Å². The third-order valence-electron chi connectivity index (χ3n) is 4.77. The van der Waals surface area contributed by atoms with Gasteiger partial charge in [0.05, 0.1) is 12.3 Å². The minimum absolute atomic E-state index is 0.00404. The highest BCUT2D eigenvalue weighted by Gasteiger charge is 2.31. The molecule has 0 aliphatic rings.